The van der Waals surface area contributed by atoms with Crippen LogP contribution in [0.1, 0.15) is 11.3 Å². The predicted molar refractivity (Wildman–Crippen MR) is 73.4 cm³/mol. The van der Waals surface area contributed by atoms with Gasteiger partial charge in [-0.15, -0.1) is 0 Å². The lowest BCUT2D eigenvalue weighted by Crippen LogP contribution is -2.54. The number of hydrogen-bond acceptors (Lipinski definition) is 3. The molecule has 0 spiro atoms. The van der Waals surface area contributed by atoms with Crippen LogP contribution in [0.4, 0.5) is 23.7 Å². The Labute approximate surface area is 131 Å². The van der Waals surface area contributed by atoms with Gasteiger partial charge in [-0.2, -0.15) is 13.2 Å². The van der Waals surface area contributed by atoms with Gasteiger partial charge in [-0.05, 0) is 34.5 Å². The van der Waals surface area contributed by atoms with Gasteiger partial charge in [-0.3, -0.25) is 4.79 Å². The van der Waals surface area contributed by atoms with E-state index < -0.39 is 29.8 Å². The Balaban J connectivity index is 2.11. The van der Waals surface area contributed by atoms with Gasteiger partial charge >= 0.3 is 12.3 Å². The Hall–Kier alpha value is -1.84. The SMILES string of the molecule is Cc1cc(C(F)(F)F)nc(Br)c1NC(=O)C1CN(C(=O)O)C1. The van der Waals surface area contributed by atoms with Crippen LogP contribution in [0, 0.1) is 12.8 Å². The van der Waals surface area contributed by atoms with Crippen molar-refractivity contribution in [2.45, 2.75) is 13.1 Å². The fourth-order valence-corrected chi connectivity index (χ4v) is 2.56. The minimum Gasteiger partial charge on any atom is -0.465 e. The minimum atomic E-state index is -4.58. The third-order valence-corrected chi connectivity index (χ3v) is 3.81. The second kappa shape index (κ2) is 5.75. The van der Waals surface area contributed by atoms with Gasteiger partial charge in [0, 0.05) is 13.1 Å². The quantitative estimate of drug-likeness (QED) is 0.771. The van der Waals surface area contributed by atoms with Gasteiger partial charge in [0.05, 0.1) is 11.6 Å². The molecular formula is C12H11BrF3N3O3. The summed E-state index contributed by atoms with van der Waals surface area (Å²) in [5.74, 6) is -0.979. The van der Waals surface area contributed by atoms with Gasteiger partial charge in [0.15, 0.2) is 0 Å². The third kappa shape index (κ3) is 3.32. The fraction of sp³-hybridized carbons (Fsp3) is 0.417. The molecule has 0 aromatic carbocycles. The Morgan fingerprint density at radius 2 is 2.05 bits per heavy atom. The molecule has 120 valence electrons. The molecule has 0 unspecified atom stereocenters. The number of carbonyl (C=O) groups is 2. The average Bonchev–Trinajstić information content (AvgIpc) is 2.29. The maximum Gasteiger partial charge on any atom is 0.433 e. The number of amides is 2. The maximum atomic E-state index is 12.6. The predicted octanol–water partition coefficient (Wildman–Crippen LogP) is 2.72. The van der Waals surface area contributed by atoms with Crippen molar-refractivity contribution >= 4 is 33.6 Å². The number of aryl methyl sites for hydroxylation is 1. The molecule has 0 atom stereocenters. The van der Waals surface area contributed by atoms with Crippen molar-refractivity contribution in [3.63, 3.8) is 0 Å². The molecule has 1 saturated heterocycles. The Morgan fingerprint density at radius 3 is 2.50 bits per heavy atom. The number of carboxylic acid groups (broad SMARTS) is 1. The molecule has 2 amide bonds. The standard InChI is InChI=1S/C12H11BrF3N3O3/c1-5-2-7(12(14,15)16)17-9(13)8(5)18-10(20)6-3-19(4-6)11(21)22/h2,6H,3-4H2,1H3,(H,18,20)(H,21,22). The van der Waals surface area contributed by atoms with Crippen LogP contribution in [0.15, 0.2) is 10.7 Å². The Morgan fingerprint density at radius 1 is 1.45 bits per heavy atom. The van der Waals surface area contributed by atoms with Crippen molar-refractivity contribution in [2.75, 3.05) is 18.4 Å². The molecule has 2 N–H and O–H groups in total. The van der Waals surface area contributed by atoms with E-state index in [1.807, 2.05) is 0 Å². The van der Waals surface area contributed by atoms with Gasteiger partial charge in [0.1, 0.15) is 10.3 Å². The van der Waals surface area contributed by atoms with Gasteiger partial charge < -0.3 is 15.3 Å². The van der Waals surface area contributed by atoms with Crippen LogP contribution in [-0.4, -0.2) is 40.1 Å². The van der Waals surface area contributed by atoms with Crippen LogP contribution < -0.4 is 5.32 Å². The summed E-state index contributed by atoms with van der Waals surface area (Å²) in [6.07, 6.45) is -5.69. The number of pyridine rings is 1. The van der Waals surface area contributed by atoms with Crippen molar-refractivity contribution in [3.05, 3.63) is 21.9 Å². The molecule has 2 heterocycles. The number of nitrogens with zero attached hydrogens (tertiary/aromatic N) is 2. The van der Waals surface area contributed by atoms with E-state index in [1.54, 1.807) is 0 Å². The molecule has 0 radical (unpaired) electrons. The highest BCUT2D eigenvalue weighted by atomic mass is 79.9. The van der Waals surface area contributed by atoms with E-state index in [4.69, 9.17) is 5.11 Å². The number of aromatic nitrogens is 1. The molecule has 1 aromatic rings. The first-order chi connectivity index (χ1) is 10.1. The molecular weight excluding hydrogens is 371 g/mol. The Bertz CT molecular complexity index is 607. The highest BCUT2D eigenvalue weighted by Crippen LogP contribution is 2.33. The van der Waals surface area contributed by atoms with Crippen molar-refractivity contribution in [2.24, 2.45) is 5.92 Å². The molecule has 1 aliphatic heterocycles. The topological polar surface area (TPSA) is 82.5 Å². The summed E-state index contributed by atoms with van der Waals surface area (Å²) >= 11 is 2.91. The first kappa shape index (κ1) is 16.5. The Kier molecular flexibility index (Phi) is 4.32. The number of anilines is 1. The number of likely N-dealkylation sites (tertiary alicyclic amines) is 1. The molecule has 1 aliphatic rings. The second-order valence-corrected chi connectivity index (χ2v) is 5.61. The zero-order valence-corrected chi connectivity index (χ0v) is 12.8. The van der Waals surface area contributed by atoms with Crippen LogP contribution >= 0.6 is 15.9 Å². The van der Waals surface area contributed by atoms with Crippen LogP contribution in [0.2, 0.25) is 0 Å². The summed E-state index contributed by atoms with van der Waals surface area (Å²) < 4.78 is 37.7. The molecule has 22 heavy (non-hydrogen) atoms. The lowest BCUT2D eigenvalue weighted by molar-refractivity contribution is -0.141. The van der Waals surface area contributed by atoms with Crippen molar-refractivity contribution in [1.82, 2.24) is 9.88 Å². The van der Waals surface area contributed by atoms with Crippen molar-refractivity contribution in [3.8, 4) is 0 Å². The highest BCUT2D eigenvalue weighted by Gasteiger charge is 2.37. The monoisotopic (exact) mass is 381 g/mol. The summed E-state index contributed by atoms with van der Waals surface area (Å²) in [5, 5.41) is 11.2. The largest absolute Gasteiger partial charge is 0.465 e. The lowest BCUT2D eigenvalue weighted by Gasteiger charge is -2.35. The number of nitrogens with one attached hydrogen (secondary N) is 1. The minimum absolute atomic E-state index is 0.0614. The molecule has 6 nitrogen and oxygen atoms in total. The molecule has 10 heteroatoms. The summed E-state index contributed by atoms with van der Waals surface area (Å²) in [6, 6.07) is 0.838. The molecule has 0 bridgehead atoms. The first-order valence-electron chi connectivity index (χ1n) is 6.12. The number of halogens is 4. The van der Waals surface area contributed by atoms with E-state index in [9.17, 15) is 22.8 Å². The molecule has 0 aliphatic carbocycles. The summed E-state index contributed by atoms with van der Waals surface area (Å²) in [7, 11) is 0. The van der Waals surface area contributed by atoms with E-state index in [1.165, 1.54) is 6.92 Å². The maximum absolute atomic E-state index is 12.6. The third-order valence-electron chi connectivity index (χ3n) is 3.23. The lowest BCUT2D eigenvalue weighted by atomic mass is 10.00. The summed E-state index contributed by atoms with van der Waals surface area (Å²) in [6.45, 7) is 1.54. The fourth-order valence-electron chi connectivity index (χ4n) is 1.96. The number of alkyl halides is 3. The van der Waals surface area contributed by atoms with E-state index in [0.29, 0.717) is 0 Å². The highest BCUT2D eigenvalue weighted by molar-refractivity contribution is 9.10. The van der Waals surface area contributed by atoms with E-state index >= 15 is 0 Å². The van der Waals surface area contributed by atoms with Gasteiger partial charge in [-0.1, -0.05) is 0 Å². The normalized spacial score (nSPS) is 15.4. The van der Waals surface area contributed by atoms with Crippen LogP contribution in [0.3, 0.4) is 0 Å². The summed E-state index contributed by atoms with van der Waals surface area (Å²) in [4.78, 5) is 27.0. The van der Waals surface area contributed by atoms with Crippen molar-refractivity contribution < 1.29 is 27.9 Å². The molecule has 1 aromatic heterocycles. The van der Waals surface area contributed by atoms with Crippen LogP contribution in [-0.2, 0) is 11.0 Å². The van der Waals surface area contributed by atoms with Crippen LogP contribution in [0.5, 0.6) is 0 Å². The van der Waals surface area contributed by atoms with Crippen LogP contribution in [0.25, 0.3) is 0 Å². The summed E-state index contributed by atoms with van der Waals surface area (Å²) in [5.41, 5.74) is -0.709. The first-order valence-corrected chi connectivity index (χ1v) is 6.92. The second-order valence-electron chi connectivity index (χ2n) is 4.86. The average molecular weight is 382 g/mol. The van der Waals surface area contributed by atoms with Gasteiger partial charge in [0.25, 0.3) is 0 Å². The number of rotatable bonds is 2. The molecule has 0 saturated carbocycles. The van der Waals surface area contributed by atoms with Crippen molar-refractivity contribution in [1.29, 1.82) is 0 Å². The molecule has 1 fully saturated rings. The van der Waals surface area contributed by atoms with Gasteiger partial charge in [0.2, 0.25) is 5.91 Å². The van der Waals surface area contributed by atoms with E-state index in [2.05, 4.69) is 26.2 Å². The zero-order chi connectivity index (χ0) is 16.7. The smallest absolute Gasteiger partial charge is 0.433 e. The van der Waals surface area contributed by atoms with E-state index in [-0.39, 0.29) is 28.9 Å². The number of hydrogen-bond donors (Lipinski definition) is 2. The number of carbonyl (C=O) groups excluding carboxylic acids is 1. The zero-order valence-electron chi connectivity index (χ0n) is 11.2. The van der Waals surface area contributed by atoms with E-state index in [0.717, 1.165) is 11.0 Å². The van der Waals surface area contributed by atoms with Gasteiger partial charge in [-0.25, -0.2) is 9.78 Å². The molecule has 2 rings (SSSR count).